The van der Waals surface area contributed by atoms with Gasteiger partial charge in [-0.15, -0.1) is 0 Å². The number of hydrogen-bond donors (Lipinski definition) is 1. The zero-order valence-electron chi connectivity index (χ0n) is 16.0. The van der Waals surface area contributed by atoms with E-state index in [1.54, 1.807) is 18.2 Å². The van der Waals surface area contributed by atoms with Gasteiger partial charge >= 0.3 is 0 Å². The average molecular weight is 414 g/mol. The van der Waals surface area contributed by atoms with E-state index in [1.807, 2.05) is 13.0 Å². The molecule has 1 aliphatic rings. The maximum Gasteiger partial charge on any atom is 0.293 e. The number of nitrogens with zero attached hydrogens (tertiary/aromatic N) is 3. The van der Waals surface area contributed by atoms with Crippen LogP contribution in [0.4, 0.5) is 11.4 Å². The number of benzene rings is 2. The van der Waals surface area contributed by atoms with Gasteiger partial charge in [-0.3, -0.25) is 10.1 Å². The molecule has 1 unspecified atom stereocenters. The Bertz CT molecular complexity index is 1060. The summed E-state index contributed by atoms with van der Waals surface area (Å²) >= 11 is 0. The molecule has 0 bridgehead atoms. The molecule has 2 aromatic rings. The van der Waals surface area contributed by atoms with Gasteiger partial charge in [0.1, 0.15) is 5.69 Å². The molecule has 2 aromatic carbocycles. The van der Waals surface area contributed by atoms with Crippen molar-refractivity contribution in [2.75, 3.05) is 18.4 Å². The number of rotatable bonds is 6. The van der Waals surface area contributed by atoms with Gasteiger partial charge in [-0.05, 0) is 49.6 Å². The fourth-order valence-electron chi connectivity index (χ4n) is 3.39. The lowest BCUT2D eigenvalue weighted by atomic mass is 10.1. The molecule has 1 heterocycles. The van der Waals surface area contributed by atoms with Crippen molar-refractivity contribution in [3.63, 3.8) is 0 Å². The summed E-state index contributed by atoms with van der Waals surface area (Å²) in [6.45, 7) is 2.68. The van der Waals surface area contributed by atoms with E-state index in [0.717, 1.165) is 30.9 Å². The molecule has 0 amide bonds. The molecule has 0 spiro atoms. The molecule has 9 heteroatoms. The van der Waals surface area contributed by atoms with Crippen molar-refractivity contribution in [3.8, 4) is 6.07 Å². The van der Waals surface area contributed by atoms with E-state index in [-0.39, 0.29) is 22.3 Å². The monoisotopic (exact) mass is 414 g/mol. The van der Waals surface area contributed by atoms with E-state index in [2.05, 4.69) is 11.4 Å². The summed E-state index contributed by atoms with van der Waals surface area (Å²) in [7, 11) is -3.76. The maximum absolute atomic E-state index is 12.8. The van der Waals surface area contributed by atoms with Crippen molar-refractivity contribution < 1.29 is 13.3 Å². The number of hydrogen-bond acceptors (Lipinski definition) is 6. The van der Waals surface area contributed by atoms with E-state index in [0.29, 0.717) is 18.7 Å². The van der Waals surface area contributed by atoms with Crippen LogP contribution in [0.2, 0.25) is 0 Å². The molecule has 0 saturated carbocycles. The Hall–Kier alpha value is -2.96. The van der Waals surface area contributed by atoms with Crippen LogP contribution in [0.15, 0.2) is 47.4 Å². The highest BCUT2D eigenvalue weighted by Crippen LogP contribution is 2.32. The van der Waals surface area contributed by atoms with Crippen LogP contribution < -0.4 is 5.32 Å². The minimum Gasteiger partial charge on any atom is -0.373 e. The van der Waals surface area contributed by atoms with E-state index in [1.165, 1.54) is 16.4 Å². The van der Waals surface area contributed by atoms with Crippen LogP contribution in [-0.4, -0.2) is 30.7 Å². The van der Waals surface area contributed by atoms with Crippen LogP contribution >= 0.6 is 0 Å². The topological polar surface area (TPSA) is 116 Å². The maximum atomic E-state index is 12.8. The van der Waals surface area contributed by atoms with Gasteiger partial charge in [-0.25, -0.2) is 8.42 Å². The highest BCUT2D eigenvalue weighted by atomic mass is 32.2. The predicted molar refractivity (Wildman–Crippen MR) is 109 cm³/mol. The summed E-state index contributed by atoms with van der Waals surface area (Å²) in [5, 5.41) is 23.7. The summed E-state index contributed by atoms with van der Waals surface area (Å²) in [4.78, 5) is 10.9. The van der Waals surface area contributed by atoms with Crippen LogP contribution in [0.25, 0.3) is 0 Å². The van der Waals surface area contributed by atoms with Crippen LogP contribution in [0.1, 0.15) is 43.4 Å². The molecule has 1 saturated heterocycles. The molecule has 0 radical (unpaired) electrons. The van der Waals surface area contributed by atoms with E-state index >= 15 is 0 Å². The van der Waals surface area contributed by atoms with Gasteiger partial charge in [-0.1, -0.05) is 18.6 Å². The molecule has 0 aliphatic carbocycles. The van der Waals surface area contributed by atoms with Crippen molar-refractivity contribution in [2.24, 2.45) is 0 Å². The first kappa shape index (κ1) is 20.8. The third-order valence-corrected chi connectivity index (χ3v) is 6.90. The third-order valence-electron chi connectivity index (χ3n) is 5.01. The second kappa shape index (κ2) is 8.59. The molecule has 1 N–H and O–H groups in total. The fourth-order valence-corrected chi connectivity index (χ4v) is 4.93. The first-order valence-electron chi connectivity index (χ1n) is 9.38. The first-order valence-corrected chi connectivity index (χ1v) is 10.8. The zero-order chi connectivity index (χ0) is 21.0. The smallest absolute Gasteiger partial charge is 0.293 e. The first-order chi connectivity index (χ1) is 13.8. The quantitative estimate of drug-likeness (QED) is 0.567. The molecule has 1 fully saturated rings. The van der Waals surface area contributed by atoms with Crippen LogP contribution in [0.3, 0.4) is 0 Å². The molecule has 8 nitrogen and oxygen atoms in total. The Kier molecular flexibility index (Phi) is 6.15. The Morgan fingerprint density at radius 1 is 1.17 bits per heavy atom. The third kappa shape index (κ3) is 4.55. The lowest BCUT2D eigenvalue weighted by Gasteiger charge is -2.26. The number of nitriles is 1. The standard InChI is InChI=1S/C20H22N4O4S/c1-15(17-7-5-6-16(12-17)14-21)22-19-9-8-18(13-20(19)24(25)26)29(27,28)23-10-3-2-4-11-23/h5-9,12-13,15,22H,2-4,10-11H2,1H3. The largest absolute Gasteiger partial charge is 0.373 e. The number of nitro groups is 1. The molecule has 3 rings (SSSR count). The van der Waals surface area contributed by atoms with Gasteiger partial charge in [-0.2, -0.15) is 9.57 Å². The molecule has 29 heavy (non-hydrogen) atoms. The van der Waals surface area contributed by atoms with Crippen molar-refractivity contribution in [3.05, 3.63) is 63.7 Å². The zero-order valence-corrected chi connectivity index (χ0v) is 16.9. The molecule has 1 aliphatic heterocycles. The van der Waals surface area contributed by atoms with Gasteiger partial charge in [0.15, 0.2) is 0 Å². The number of sulfonamides is 1. The Morgan fingerprint density at radius 2 is 1.90 bits per heavy atom. The van der Waals surface area contributed by atoms with Crippen LogP contribution in [-0.2, 0) is 10.0 Å². The lowest BCUT2D eigenvalue weighted by Crippen LogP contribution is -2.35. The summed E-state index contributed by atoms with van der Waals surface area (Å²) in [5.41, 5.74) is 1.21. The van der Waals surface area contributed by atoms with E-state index < -0.39 is 14.9 Å². The predicted octanol–water partition coefficient (Wildman–Crippen LogP) is 3.81. The number of nitro benzene ring substituents is 1. The van der Waals surface area contributed by atoms with Crippen LogP contribution in [0, 0.1) is 21.4 Å². The van der Waals surface area contributed by atoms with Crippen molar-refractivity contribution in [2.45, 2.75) is 37.1 Å². The summed E-state index contributed by atoms with van der Waals surface area (Å²) in [5.74, 6) is 0. The lowest BCUT2D eigenvalue weighted by molar-refractivity contribution is -0.384. The Balaban J connectivity index is 1.90. The van der Waals surface area contributed by atoms with Crippen molar-refractivity contribution in [1.29, 1.82) is 5.26 Å². The van der Waals surface area contributed by atoms with Gasteiger partial charge in [0, 0.05) is 25.2 Å². The second-order valence-corrected chi connectivity index (χ2v) is 8.94. The van der Waals surface area contributed by atoms with Gasteiger partial charge < -0.3 is 5.32 Å². The summed E-state index contributed by atoms with van der Waals surface area (Å²) in [6, 6.07) is 12.6. The van der Waals surface area contributed by atoms with Gasteiger partial charge in [0.05, 0.1) is 21.5 Å². The summed E-state index contributed by atoms with van der Waals surface area (Å²) < 4.78 is 27.1. The second-order valence-electron chi connectivity index (χ2n) is 7.00. The van der Waals surface area contributed by atoms with Crippen LogP contribution in [0.5, 0.6) is 0 Å². The number of anilines is 1. The highest BCUT2D eigenvalue weighted by Gasteiger charge is 2.28. The van der Waals surface area contributed by atoms with Crippen molar-refractivity contribution in [1.82, 2.24) is 4.31 Å². The summed E-state index contributed by atoms with van der Waals surface area (Å²) in [6.07, 6.45) is 2.57. The van der Waals surface area contributed by atoms with Gasteiger partial charge in [0.25, 0.3) is 5.69 Å². The fraction of sp³-hybridized carbons (Fsp3) is 0.350. The van der Waals surface area contributed by atoms with Crippen molar-refractivity contribution >= 4 is 21.4 Å². The number of nitrogens with one attached hydrogen (secondary N) is 1. The van der Waals surface area contributed by atoms with E-state index in [4.69, 9.17) is 5.26 Å². The minimum absolute atomic E-state index is 0.0734. The number of piperidine rings is 1. The minimum atomic E-state index is -3.76. The highest BCUT2D eigenvalue weighted by molar-refractivity contribution is 7.89. The Labute approximate surface area is 170 Å². The van der Waals surface area contributed by atoms with E-state index in [9.17, 15) is 18.5 Å². The molecule has 1 atom stereocenters. The SMILES string of the molecule is CC(Nc1ccc(S(=O)(=O)N2CCCCC2)cc1[N+](=O)[O-])c1cccc(C#N)c1. The Morgan fingerprint density at radius 3 is 2.55 bits per heavy atom. The normalized spacial score (nSPS) is 16.0. The average Bonchev–Trinajstić information content (AvgIpc) is 2.74. The molecule has 0 aromatic heterocycles. The molecule has 152 valence electrons. The molecular weight excluding hydrogens is 392 g/mol. The van der Waals surface area contributed by atoms with Gasteiger partial charge in [0.2, 0.25) is 10.0 Å². The molecular formula is C20H22N4O4S.